The van der Waals surface area contributed by atoms with Gasteiger partial charge < -0.3 is 5.11 Å². The van der Waals surface area contributed by atoms with E-state index < -0.39 is 11.4 Å². The van der Waals surface area contributed by atoms with Gasteiger partial charge >= 0.3 is 5.97 Å². The molecule has 0 aromatic rings. The van der Waals surface area contributed by atoms with Gasteiger partial charge in [0.1, 0.15) is 0 Å². The van der Waals surface area contributed by atoms with E-state index in [2.05, 4.69) is 11.8 Å². The van der Waals surface area contributed by atoms with Crippen LogP contribution in [0.15, 0.2) is 0 Å². The van der Waals surface area contributed by atoms with Crippen molar-refractivity contribution >= 4 is 17.7 Å². The Balaban J connectivity index is 1.98. The molecule has 0 aromatic heterocycles. The summed E-state index contributed by atoms with van der Waals surface area (Å²) >= 11 is 2.02. The van der Waals surface area contributed by atoms with Gasteiger partial charge in [0.2, 0.25) is 0 Å². The Hall–Kier alpha value is -0.220. The van der Waals surface area contributed by atoms with Crippen molar-refractivity contribution in [1.29, 1.82) is 0 Å². The number of hydrogen-bond acceptors (Lipinski definition) is 3. The number of aliphatic carboxylic acids is 1. The van der Waals surface area contributed by atoms with Crippen molar-refractivity contribution in [2.75, 3.05) is 24.6 Å². The van der Waals surface area contributed by atoms with Gasteiger partial charge in [-0.3, -0.25) is 9.69 Å². The predicted molar refractivity (Wildman–Crippen MR) is 71.5 cm³/mol. The summed E-state index contributed by atoms with van der Waals surface area (Å²) in [6, 6.07) is 0.631. The van der Waals surface area contributed by atoms with Gasteiger partial charge in [0, 0.05) is 18.3 Å². The molecule has 2 fully saturated rings. The number of carbonyl (C=O) groups is 1. The normalized spacial score (nSPS) is 35.0. The van der Waals surface area contributed by atoms with Gasteiger partial charge in [0.25, 0.3) is 0 Å². The summed E-state index contributed by atoms with van der Waals surface area (Å²) < 4.78 is 0. The second kappa shape index (κ2) is 5.61. The highest BCUT2D eigenvalue weighted by Gasteiger charge is 2.45. The number of carboxylic acids is 1. The van der Waals surface area contributed by atoms with Crippen LogP contribution in [-0.2, 0) is 4.79 Å². The van der Waals surface area contributed by atoms with Crippen molar-refractivity contribution in [1.82, 2.24) is 4.90 Å². The maximum atomic E-state index is 11.5. The van der Waals surface area contributed by atoms with E-state index in [9.17, 15) is 9.90 Å². The first-order valence-corrected chi connectivity index (χ1v) is 7.88. The Morgan fingerprint density at radius 3 is 3.00 bits per heavy atom. The molecule has 98 valence electrons. The summed E-state index contributed by atoms with van der Waals surface area (Å²) in [6.07, 6.45) is 5.20. The summed E-state index contributed by atoms with van der Waals surface area (Å²) in [5.41, 5.74) is -0.448. The zero-order valence-electron chi connectivity index (χ0n) is 10.7. The fraction of sp³-hybridized carbons (Fsp3) is 0.923. The average Bonchev–Trinajstić information content (AvgIpc) is 2.76. The fourth-order valence-corrected chi connectivity index (χ4v) is 4.38. The van der Waals surface area contributed by atoms with E-state index in [1.54, 1.807) is 0 Å². The Labute approximate surface area is 108 Å². The Morgan fingerprint density at radius 2 is 2.41 bits per heavy atom. The summed E-state index contributed by atoms with van der Waals surface area (Å²) in [6.45, 7) is 3.85. The minimum atomic E-state index is -0.578. The van der Waals surface area contributed by atoms with Gasteiger partial charge in [-0.15, -0.1) is 0 Å². The van der Waals surface area contributed by atoms with Crippen LogP contribution < -0.4 is 0 Å². The Kier molecular flexibility index (Phi) is 4.36. The molecule has 2 heterocycles. The molecule has 2 aliphatic heterocycles. The molecule has 0 amide bonds. The highest BCUT2D eigenvalue weighted by Crippen LogP contribution is 2.38. The number of thioether (sulfide) groups is 1. The SMILES string of the molecule is CCCC1(C(=O)O)CCN(C2CCCSC2)C1. The molecule has 0 aliphatic carbocycles. The van der Waals surface area contributed by atoms with E-state index in [-0.39, 0.29) is 0 Å². The zero-order valence-corrected chi connectivity index (χ0v) is 11.5. The van der Waals surface area contributed by atoms with Gasteiger partial charge in [-0.1, -0.05) is 13.3 Å². The number of rotatable bonds is 4. The van der Waals surface area contributed by atoms with Crippen molar-refractivity contribution in [2.45, 2.75) is 45.1 Å². The van der Waals surface area contributed by atoms with Gasteiger partial charge in [-0.2, -0.15) is 11.8 Å². The summed E-state index contributed by atoms with van der Waals surface area (Å²) in [4.78, 5) is 14.0. The highest BCUT2D eigenvalue weighted by atomic mass is 32.2. The third-order valence-electron chi connectivity index (χ3n) is 4.22. The van der Waals surface area contributed by atoms with Crippen LogP contribution in [0, 0.1) is 5.41 Å². The highest BCUT2D eigenvalue weighted by molar-refractivity contribution is 7.99. The van der Waals surface area contributed by atoms with E-state index >= 15 is 0 Å². The van der Waals surface area contributed by atoms with Crippen molar-refractivity contribution in [3.05, 3.63) is 0 Å². The molecule has 4 heteroatoms. The number of hydrogen-bond donors (Lipinski definition) is 1. The van der Waals surface area contributed by atoms with Crippen molar-refractivity contribution in [3.63, 3.8) is 0 Å². The molecule has 2 saturated heterocycles. The largest absolute Gasteiger partial charge is 0.481 e. The molecule has 0 aromatic carbocycles. The average molecular weight is 257 g/mol. The second-order valence-corrected chi connectivity index (χ2v) is 6.58. The van der Waals surface area contributed by atoms with Crippen LogP contribution in [0.5, 0.6) is 0 Å². The van der Waals surface area contributed by atoms with Crippen molar-refractivity contribution in [2.24, 2.45) is 5.41 Å². The third kappa shape index (κ3) is 2.79. The molecule has 2 atom stereocenters. The molecule has 17 heavy (non-hydrogen) atoms. The standard InChI is InChI=1S/C13H23NO2S/c1-2-5-13(12(15)16)6-7-14(10-13)11-4-3-8-17-9-11/h11H,2-10H2,1H3,(H,15,16). The Bertz CT molecular complexity index is 279. The second-order valence-electron chi connectivity index (χ2n) is 5.43. The maximum Gasteiger partial charge on any atom is 0.310 e. The number of likely N-dealkylation sites (tertiary alicyclic amines) is 1. The quantitative estimate of drug-likeness (QED) is 0.840. The first kappa shape index (κ1) is 13.2. The van der Waals surface area contributed by atoms with Crippen molar-refractivity contribution < 1.29 is 9.90 Å². The molecule has 0 radical (unpaired) electrons. The topological polar surface area (TPSA) is 40.5 Å². The minimum absolute atomic E-state index is 0.448. The minimum Gasteiger partial charge on any atom is -0.481 e. The summed E-state index contributed by atoms with van der Waals surface area (Å²) in [5.74, 6) is 1.90. The van der Waals surface area contributed by atoms with E-state index in [0.717, 1.165) is 32.4 Å². The van der Waals surface area contributed by atoms with Gasteiger partial charge in [-0.05, 0) is 38.0 Å². The van der Waals surface area contributed by atoms with Crippen LogP contribution in [0.25, 0.3) is 0 Å². The van der Waals surface area contributed by atoms with Crippen LogP contribution in [-0.4, -0.2) is 46.6 Å². The van der Waals surface area contributed by atoms with Crippen LogP contribution in [0.3, 0.4) is 0 Å². The van der Waals surface area contributed by atoms with Crippen LogP contribution in [0.2, 0.25) is 0 Å². The van der Waals surface area contributed by atoms with Crippen LogP contribution in [0.4, 0.5) is 0 Å². The molecule has 1 N–H and O–H groups in total. The molecule has 2 aliphatic rings. The van der Waals surface area contributed by atoms with Crippen LogP contribution in [0.1, 0.15) is 39.0 Å². The lowest BCUT2D eigenvalue weighted by Gasteiger charge is -2.32. The molecule has 0 saturated carbocycles. The number of carboxylic acid groups (broad SMARTS) is 1. The molecule has 2 rings (SSSR count). The predicted octanol–water partition coefficient (Wildman–Crippen LogP) is 2.46. The third-order valence-corrected chi connectivity index (χ3v) is 5.42. The van der Waals surface area contributed by atoms with Gasteiger partial charge in [-0.25, -0.2) is 0 Å². The van der Waals surface area contributed by atoms with Crippen LogP contribution >= 0.6 is 11.8 Å². The van der Waals surface area contributed by atoms with E-state index in [4.69, 9.17) is 0 Å². The fourth-order valence-electron chi connectivity index (χ4n) is 3.19. The molecular formula is C13H23NO2S. The first-order valence-electron chi connectivity index (χ1n) is 6.73. The first-order chi connectivity index (χ1) is 8.18. The van der Waals surface area contributed by atoms with Gasteiger partial charge in [0.15, 0.2) is 0 Å². The lowest BCUT2D eigenvalue weighted by Crippen LogP contribution is -2.41. The smallest absolute Gasteiger partial charge is 0.310 e. The van der Waals surface area contributed by atoms with E-state index in [1.165, 1.54) is 24.3 Å². The zero-order chi connectivity index (χ0) is 12.3. The lowest BCUT2D eigenvalue weighted by molar-refractivity contribution is -0.148. The molecule has 0 bridgehead atoms. The van der Waals surface area contributed by atoms with Crippen molar-refractivity contribution in [3.8, 4) is 0 Å². The lowest BCUT2D eigenvalue weighted by atomic mass is 9.82. The van der Waals surface area contributed by atoms with E-state index in [0.29, 0.717) is 6.04 Å². The maximum absolute atomic E-state index is 11.5. The monoisotopic (exact) mass is 257 g/mol. The molecule has 0 spiro atoms. The van der Waals surface area contributed by atoms with E-state index in [1.807, 2.05) is 11.8 Å². The Morgan fingerprint density at radius 1 is 1.59 bits per heavy atom. The number of nitrogens with zero attached hydrogens (tertiary/aromatic N) is 1. The molecule has 2 unspecified atom stereocenters. The van der Waals surface area contributed by atoms with Gasteiger partial charge in [0.05, 0.1) is 5.41 Å². The molecular weight excluding hydrogens is 234 g/mol. The summed E-state index contributed by atoms with van der Waals surface area (Å²) in [7, 11) is 0. The summed E-state index contributed by atoms with van der Waals surface area (Å²) in [5, 5.41) is 9.48. The molecule has 3 nitrogen and oxygen atoms in total.